The molecular formula is C18H32O4. The number of carbonyl (C=O) groups is 2. The fraction of sp³-hybridized carbons (Fsp3) is 0.778. The highest BCUT2D eigenvalue weighted by Gasteiger charge is 2.02. The van der Waals surface area contributed by atoms with Crippen LogP contribution in [0.3, 0.4) is 0 Å². The maximum Gasteiger partial charge on any atom is 0.303 e. The summed E-state index contributed by atoms with van der Waals surface area (Å²) in [5.74, 6) is -0.644. The summed E-state index contributed by atoms with van der Waals surface area (Å²) in [6.45, 7) is 2.12. The van der Waals surface area contributed by atoms with Crippen LogP contribution in [0.15, 0.2) is 12.2 Å². The monoisotopic (exact) mass is 312 g/mol. The van der Waals surface area contributed by atoms with Crippen LogP contribution in [0.5, 0.6) is 0 Å². The molecule has 0 spiro atoms. The van der Waals surface area contributed by atoms with E-state index in [1.807, 2.05) is 0 Å². The maximum atomic E-state index is 11.6. The predicted molar refractivity (Wildman–Crippen MR) is 88.9 cm³/mol. The van der Waals surface area contributed by atoms with Gasteiger partial charge >= 0.3 is 5.97 Å². The molecule has 128 valence electrons. The number of rotatable bonds is 15. The standard InChI is InChI=1S/C18H32O4/c1-2-3-8-11-16(19)14-15-17(20)12-9-6-4-5-7-10-13-18(21)22/h14-16,19H,2-13H2,1H3,(H,21,22). The molecular weight excluding hydrogens is 280 g/mol. The molecule has 0 aromatic heterocycles. The molecule has 2 N–H and O–H groups in total. The first-order chi connectivity index (χ1) is 10.6. The minimum absolute atomic E-state index is 0.0837. The number of carboxylic acids is 1. The quantitative estimate of drug-likeness (QED) is 0.350. The van der Waals surface area contributed by atoms with Crippen molar-refractivity contribution in [3.05, 3.63) is 12.2 Å². The van der Waals surface area contributed by atoms with E-state index in [0.29, 0.717) is 6.42 Å². The lowest BCUT2D eigenvalue weighted by Gasteiger charge is -2.04. The second kappa shape index (κ2) is 14.8. The lowest BCUT2D eigenvalue weighted by atomic mass is 10.1. The van der Waals surface area contributed by atoms with Crippen LogP contribution in [-0.2, 0) is 9.59 Å². The summed E-state index contributed by atoms with van der Waals surface area (Å²) in [5, 5.41) is 18.2. The average molecular weight is 312 g/mol. The molecule has 0 heterocycles. The van der Waals surface area contributed by atoms with Gasteiger partial charge in [-0.05, 0) is 25.3 Å². The van der Waals surface area contributed by atoms with E-state index < -0.39 is 12.1 Å². The van der Waals surface area contributed by atoms with E-state index in [-0.39, 0.29) is 12.2 Å². The molecule has 4 nitrogen and oxygen atoms in total. The Kier molecular flexibility index (Phi) is 14.0. The van der Waals surface area contributed by atoms with Crippen LogP contribution in [0.2, 0.25) is 0 Å². The predicted octanol–water partition coefficient (Wildman–Crippen LogP) is 4.26. The number of hydrogen-bond donors (Lipinski definition) is 2. The highest BCUT2D eigenvalue weighted by molar-refractivity contribution is 5.89. The molecule has 0 fully saturated rings. The van der Waals surface area contributed by atoms with E-state index in [1.54, 1.807) is 6.08 Å². The number of unbranched alkanes of at least 4 members (excludes halogenated alkanes) is 7. The van der Waals surface area contributed by atoms with Gasteiger partial charge in [-0.3, -0.25) is 9.59 Å². The molecule has 0 aliphatic rings. The van der Waals surface area contributed by atoms with Crippen molar-refractivity contribution < 1.29 is 19.8 Å². The van der Waals surface area contributed by atoms with Crippen molar-refractivity contribution in [1.29, 1.82) is 0 Å². The molecule has 0 aromatic carbocycles. The van der Waals surface area contributed by atoms with Crippen molar-refractivity contribution in [2.45, 2.75) is 90.1 Å². The van der Waals surface area contributed by atoms with E-state index in [2.05, 4.69) is 6.92 Å². The van der Waals surface area contributed by atoms with Crippen molar-refractivity contribution in [3.63, 3.8) is 0 Å². The Morgan fingerprint density at radius 2 is 1.50 bits per heavy atom. The molecule has 0 aliphatic carbocycles. The topological polar surface area (TPSA) is 74.6 Å². The van der Waals surface area contributed by atoms with Crippen LogP contribution in [0, 0.1) is 0 Å². The third-order valence-corrected chi connectivity index (χ3v) is 3.67. The molecule has 1 atom stereocenters. The number of carboxylic acid groups (broad SMARTS) is 1. The number of carbonyl (C=O) groups excluding carboxylic acids is 1. The molecule has 0 amide bonds. The molecule has 0 bridgehead atoms. The first-order valence-electron chi connectivity index (χ1n) is 8.67. The minimum atomic E-state index is -0.728. The number of aliphatic hydroxyl groups is 1. The van der Waals surface area contributed by atoms with Gasteiger partial charge in [-0.15, -0.1) is 0 Å². The molecule has 0 saturated carbocycles. The highest BCUT2D eigenvalue weighted by atomic mass is 16.4. The van der Waals surface area contributed by atoms with Crippen molar-refractivity contribution in [2.75, 3.05) is 0 Å². The Morgan fingerprint density at radius 3 is 2.09 bits per heavy atom. The SMILES string of the molecule is CCCCCC(O)C=CC(=O)CCCCCCCCC(=O)O. The largest absolute Gasteiger partial charge is 0.481 e. The van der Waals surface area contributed by atoms with Crippen LogP contribution in [-0.4, -0.2) is 28.1 Å². The number of aliphatic hydroxyl groups excluding tert-OH is 1. The summed E-state index contributed by atoms with van der Waals surface area (Å²) in [7, 11) is 0. The third-order valence-electron chi connectivity index (χ3n) is 3.67. The first kappa shape index (κ1) is 20.8. The van der Waals surface area contributed by atoms with Gasteiger partial charge in [0.2, 0.25) is 0 Å². The van der Waals surface area contributed by atoms with E-state index >= 15 is 0 Å². The normalized spacial score (nSPS) is 12.6. The summed E-state index contributed by atoms with van der Waals surface area (Å²) < 4.78 is 0. The second-order valence-corrected chi connectivity index (χ2v) is 5.90. The zero-order chi connectivity index (χ0) is 16.6. The molecule has 1 unspecified atom stereocenters. The van der Waals surface area contributed by atoms with E-state index in [9.17, 15) is 14.7 Å². The lowest BCUT2D eigenvalue weighted by Crippen LogP contribution is -2.03. The summed E-state index contributed by atoms with van der Waals surface area (Å²) >= 11 is 0. The average Bonchev–Trinajstić information content (AvgIpc) is 2.47. The number of allylic oxidation sites excluding steroid dienone is 1. The molecule has 4 heteroatoms. The Bertz CT molecular complexity index is 323. The minimum Gasteiger partial charge on any atom is -0.481 e. The van der Waals surface area contributed by atoms with Gasteiger partial charge in [0, 0.05) is 12.8 Å². The van der Waals surface area contributed by atoms with Gasteiger partial charge in [0.05, 0.1) is 6.10 Å². The summed E-state index contributed by atoms with van der Waals surface area (Å²) in [4.78, 5) is 22.0. The van der Waals surface area contributed by atoms with Crippen LogP contribution in [0.1, 0.15) is 84.0 Å². The van der Waals surface area contributed by atoms with E-state index in [1.165, 1.54) is 6.08 Å². The fourth-order valence-corrected chi connectivity index (χ4v) is 2.28. The van der Waals surface area contributed by atoms with Gasteiger partial charge in [0.25, 0.3) is 0 Å². The van der Waals surface area contributed by atoms with Crippen LogP contribution >= 0.6 is 0 Å². The van der Waals surface area contributed by atoms with Crippen molar-refractivity contribution in [2.24, 2.45) is 0 Å². The Balaban J connectivity index is 3.47. The van der Waals surface area contributed by atoms with Crippen molar-refractivity contribution >= 4 is 11.8 Å². The highest BCUT2D eigenvalue weighted by Crippen LogP contribution is 2.09. The second-order valence-electron chi connectivity index (χ2n) is 5.90. The first-order valence-corrected chi connectivity index (χ1v) is 8.67. The fourth-order valence-electron chi connectivity index (χ4n) is 2.28. The van der Waals surface area contributed by atoms with Crippen LogP contribution in [0.25, 0.3) is 0 Å². The van der Waals surface area contributed by atoms with Crippen LogP contribution < -0.4 is 0 Å². The summed E-state index contributed by atoms with van der Waals surface area (Å²) in [5.41, 5.74) is 0. The maximum absolute atomic E-state index is 11.6. The van der Waals surface area contributed by atoms with Gasteiger partial charge in [-0.25, -0.2) is 0 Å². The number of ketones is 1. The zero-order valence-corrected chi connectivity index (χ0v) is 13.9. The summed E-state index contributed by atoms with van der Waals surface area (Å²) in [6.07, 6.45) is 13.1. The van der Waals surface area contributed by atoms with Gasteiger partial charge in [-0.1, -0.05) is 57.9 Å². The molecule has 0 aliphatic heterocycles. The van der Waals surface area contributed by atoms with Crippen molar-refractivity contribution in [3.8, 4) is 0 Å². The van der Waals surface area contributed by atoms with E-state index in [0.717, 1.165) is 64.2 Å². The van der Waals surface area contributed by atoms with Gasteiger partial charge in [-0.2, -0.15) is 0 Å². The molecule has 0 aromatic rings. The van der Waals surface area contributed by atoms with Gasteiger partial charge in [0.15, 0.2) is 5.78 Å². The van der Waals surface area contributed by atoms with Crippen molar-refractivity contribution in [1.82, 2.24) is 0 Å². The molecule has 22 heavy (non-hydrogen) atoms. The van der Waals surface area contributed by atoms with Gasteiger partial charge in [0.1, 0.15) is 0 Å². The zero-order valence-electron chi connectivity index (χ0n) is 13.9. The van der Waals surface area contributed by atoms with Gasteiger partial charge < -0.3 is 10.2 Å². The smallest absolute Gasteiger partial charge is 0.303 e. The molecule has 0 saturated heterocycles. The summed E-state index contributed by atoms with van der Waals surface area (Å²) in [6, 6.07) is 0. The van der Waals surface area contributed by atoms with Crippen LogP contribution in [0.4, 0.5) is 0 Å². The Labute approximate surface area is 134 Å². The Hall–Kier alpha value is -1.16. The molecule has 0 radical (unpaired) electrons. The van der Waals surface area contributed by atoms with E-state index in [4.69, 9.17) is 5.11 Å². The Morgan fingerprint density at radius 1 is 0.909 bits per heavy atom. The number of aliphatic carboxylic acids is 1. The third kappa shape index (κ3) is 15.2. The number of hydrogen-bond acceptors (Lipinski definition) is 3. The lowest BCUT2D eigenvalue weighted by molar-refractivity contribution is -0.137. The molecule has 0 rings (SSSR count).